The fourth-order valence-corrected chi connectivity index (χ4v) is 4.71. The summed E-state index contributed by atoms with van der Waals surface area (Å²) in [4.78, 5) is 2.19. The van der Waals surface area contributed by atoms with E-state index in [9.17, 15) is 14.8 Å². The largest absolute Gasteiger partial charge is 0.491 e. The van der Waals surface area contributed by atoms with Crippen molar-refractivity contribution >= 4 is 11.0 Å². The Morgan fingerprint density at radius 1 is 1.09 bits per heavy atom. The zero-order valence-corrected chi connectivity index (χ0v) is 19.2. The minimum Gasteiger partial charge on any atom is -0.491 e. The van der Waals surface area contributed by atoms with E-state index in [0.29, 0.717) is 23.6 Å². The van der Waals surface area contributed by atoms with E-state index < -0.39 is 11.5 Å². The van der Waals surface area contributed by atoms with Crippen molar-refractivity contribution < 1.29 is 18.8 Å². The molecule has 1 aromatic heterocycles. The number of β-amino-alcohol motifs (C(OH)–C–C–N with tert-alkyl or cyclic N) is 1. The first-order valence-corrected chi connectivity index (χ1v) is 11.7. The van der Waals surface area contributed by atoms with Crippen molar-refractivity contribution in [3.63, 3.8) is 0 Å². The van der Waals surface area contributed by atoms with Crippen LogP contribution in [0.2, 0.25) is 0 Å². The number of fused-ring (bicyclic) bond motifs is 1. The molecule has 3 aromatic carbocycles. The molecule has 1 saturated heterocycles. The van der Waals surface area contributed by atoms with Gasteiger partial charge in [-0.3, -0.25) is 0 Å². The zero-order valence-electron chi connectivity index (χ0n) is 19.2. The summed E-state index contributed by atoms with van der Waals surface area (Å²) in [5.41, 5.74) is 2.48. The van der Waals surface area contributed by atoms with Crippen LogP contribution in [-0.2, 0) is 5.41 Å². The van der Waals surface area contributed by atoms with Crippen LogP contribution in [0.15, 0.2) is 77.3 Å². The number of halogens is 1. The molecular weight excluding hydrogens is 445 g/mol. The van der Waals surface area contributed by atoms with Crippen LogP contribution in [0.25, 0.3) is 22.2 Å². The van der Waals surface area contributed by atoms with Gasteiger partial charge in [0.2, 0.25) is 0 Å². The molecular formula is C28H26FN3O3. The summed E-state index contributed by atoms with van der Waals surface area (Å²) in [5.74, 6) is 0.269. The smallest absolute Gasteiger partial charge is 0.170 e. The van der Waals surface area contributed by atoms with Crippen molar-refractivity contribution in [2.24, 2.45) is 0 Å². The van der Waals surface area contributed by atoms with Crippen LogP contribution in [-0.4, -0.2) is 47.5 Å². The highest BCUT2D eigenvalue weighted by atomic mass is 19.1. The molecule has 1 N–H and O–H groups in total. The van der Waals surface area contributed by atoms with Crippen molar-refractivity contribution in [3.05, 3.63) is 84.2 Å². The van der Waals surface area contributed by atoms with E-state index in [1.54, 1.807) is 6.07 Å². The molecule has 1 aliphatic rings. The molecule has 35 heavy (non-hydrogen) atoms. The molecule has 0 amide bonds. The zero-order chi connectivity index (χ0) is 24.3. The van der Waals surface area contributed by atoms with Crippen LogP contribution in [0.4, 0.5) is 4.39 Å². The van der Waals surface area contributed by atoms with E-state index >= 15 is 0 Å². The maximum absolute atomic E-state index is 13.4. The summed E-state index contributed by atoms with van der Waals surface area (Å²) in [5, 5.41) is 25.2. The Morgan fingerprint density at radius 2 is 1.83 bits per heavy atom. The maximum atomic E-state index is 13.4. The average molecular weight is 472 g/mol. The second kappa shape index (κ2) is 9.87. The minimum absolute atomic E-state index is 0.171. The van der Waals surface area contributed by atoms with Crippen molar-refractivity contribution in [1.82, 2.24) is 10.1 Å². The second-order valence-corrected chi connectivity index (χ2v) is 9.02. The molecule has 7 heteroatoms. The average Bonchev–Trinajstić information content (AvgIpc) is 3.32. The molecule has 0 unspecified atom stereocenters. The number of likely N-dealkylation sites (tertiary alicyclic amines) is 1. The molecule has 4 aromatic rings. The fraction of sp³-hybridized carbons (Fsp3) is 0.286. The van der Waals surface area contributed by atoms with Gasteiger partial charge in [-0.15, -0.1) is 0 Å². The van der Waals surface area contributed by atoms with Gasteiger partial charge in [0, 0.05) is 36.7 Å². The van der Waals surface area contributed by atoms with Crippen molar-refractivity contribution in [2.45, 2.75) is 24.4 Å². The highest BCUT2D eigenvalue weighted by Gasteiger charge is 2.36. The molecule has 1 aliphatic heterocycles. The van der Waals surface area contributed by atoms with Gasteiger partial charge < -0.3 is 19.3 Å². The molecule has 1 atom stereocenters. The third-order valence-corrected chi connectivity index (χ3v) is 6.72. The second-order valence-electron chi connectivity index (χ2n) is 9.02. The van der Waals surface area contributed by atoms with Gasteiger partial charge in [-0.05, 0) is 54.8 Å². The number of aromatic nitrogens is 1. The normalized spacial score (nSPS) is 16.6. The van der Waals surface area contributed by atoms with E-state index in [2.05, 4.69) is 16.1 Å². The first-order valence-electron chi connectivity index (χ1n) is 11.7. The Labute approximate surface area is 203 Å². The van der Waals surface area contributed by atoms with Crippen LogP contribution in [0, 0.1) is 17.1 Å². The van der Waals surface area contributed by atoms with Crippen LogP contribution >= 0.6 is 0 Å². The van der Waals surface area contributed by atoms with Crippen LogP contribution in [0.1, 0.15) is 18.4 Å². The number of hydrogen-bond donors (Lipinski definition) is 1. The summed E-state index contributed by atoms with van der Waals surface area (Å²) < 4.78 is 24.4. The predicted octanol–water partition coefficient (Wildman–Crippen LogP) is 4.93. The molecule has 0 saturated carbocycles. The molecule has 178 valence electrons. The van der Waals surface area contributed by atoms with Gasteiger partial charge >= 0.3 is 0 Å². The van der Waals surface area contributed by atoms with Gasteiger partial charge in [-0.2, -0.15) is 5.26 Å². The fourth-order valence-electron chi connectivity index (χ4n) is 4.71. The van der Waals surface area contributed by atoms with Crippen LogP contribution < -0.4 is 4.74 Å². The number of aliphatic hydroxyl groups is 1. The first kappa shape index (κ1) is 23.0. The lowest BCUT2D eigenvalue weighted by molar-refractivity contribution is 0.0553. The minimum atomic E-state index is -0.643. The maximum Gasteiger partial charge on any atom is 0.170 e. The van der Waals surface area contributed by atoms with Crippen molar-refractivity contribution in [3.8, 4) is 23.1 Å². The number of nitriles is 1. The lowest BCUT2D eigenvalue weighted by Gasteiger charge is -2.38. The third-order valence-electron chi connectivity index (χ3n) is 6.72. The van der Waals surface area contributed by atoms with Crippen molar-refractivity contribution in [1.29, 1.82) is 5.26 Å². The molecule has 6 nitrogen and oxygen atoms in total. The summed E-state index contributed by atoms with van der Waals surface area (Å²) >= 11 is 0. The SMILES string of the molecule is N#CC1(c2ccccc2)CCN(C[C@H](O)COc2ccc(-c3noc4cc(F)ccc34)cc2)CC1. The Morgan fingerprint density at radius 3 is 2.54 bits per heavy atom. The number of hydrogen-bond acceptors (Lipinski definition) is 6. The lowest BCUT2D eigenvalue weighted by atomic mass is 9.74. The summed E-state index contributed by atoms with van der Waals surface area (Å²) in [7, 11) is 0. The number of nitrogens with zero attached hydrogens (tertiary/aromatic N) is 3. The van der Waals surface area contributed by atoms with E-state index in [1.165, 1.54) is 12.1 Å². The van der Waals surface area contributed by atoms with Crippen LogP contribution in [0.3, 0.4) is 0 Å². The molecule has 0 radical (unpaired) electrons. The summed E-state index contributed by atoms with van der Waals surface area (Å²) in [6.45, 7) is 2.17. The van der Waals surface area contributed by atoms with E-state index in [1.807, 2.05) is 54.6 Å². The first-order chi connectivity index (χ1) is 17.1. The lowest BCUT2D eigenvalue weighted by Crippen LogP contribution is -2.45. The van der Waals surface area contributed by atoms with Gasteiger partial charge in [-0.1, -0.05) is 35.5 Å². The highest BCUT2D eigenvalue weighted by molar-refractivity contribution is 5.91. The van der Waals surface area contributed by atoms with Crippen molar-refractivity contribution in [2.75, 3.05) is 26.2 Å². The predicted molar refractivity (Wildman–Crippen MR) is 130 cm³/mol. The number of aliphatic hydroxyl groups excluding tert-OH is 1. The summed E-state index contributed by atoms with van der Waals surface area (Å²) in [6.07, 6.45) is 0.841. The molecule has 0 bridgehead atoms. The monoisotopic (exact) mass is 471 g/mol. The molecule has 0 aliphatic carbocycles. The van der Waals surface area contributed by atoms with E-state index in [0.717, 1.165) is 42.4 Å². The molecule has 2 heterocycles. The van der Waals surface area contributed by atoms with Gasteiger partial charge in [0.05, 0.1) is 11.5 Å². The molecule has 5 rings (SSSR count). The van der Waals surface area contributed by atoms with Gasteiger partial charge in [0.25, 0.3) is 0 Å². The van der Waals surface area contributed by atoms with E-state index in [-0.39, 0.29) is 12.4 Å². The van der Waals surface area contributed by atoms with Gasteiger partial charge in [0.1, 0.15) is 30.0 Å². The van der Waals surface area contributed by atoms with Crippen LogP contribution in [0.5, 0.6) is 5.75 Å². The third kappa shape index (κ3) is 4.90. The van der Waals surface area contributed by atoms with E-state index in [4.69, 9.17) is 9.26 Å². The highest BCUT2D eigenvalue weighted by Crippen LogP contribution is 2.35. The Hall–Kier alpha value is -3.73. The Balaban J connectivity index is 1.13. The van der Waals surface area contributed by atoms with Gasteiger partial charge in [0.15, 0.2) is 5.58 Å². The number of piperidine rings is 1. The molecule has 0 spiro atoms. The van der Waals surface area contributed by atoms with Gasteiger partial charge in [-0.25, -0.2) is 4.39 Å². The Kier molecular flexibility index (Phi) is 6.49. The number of benzene rings is 3. The topological polar surface area (TPSA) is 82.5 Å². The number of ether oxygens (including phenoxy) is 1. The Bertz CT molecular complexity index is 1320. The quantitative estimate of drug-likeness (QED) is 0.412. The number of rotatable bonds is 7. The molecule has 1 fully saturated rings. The summed E-state index contributed by atoms with van der Waals surface area (Å²) in [6, 6.07) is 24.2. The standard InChI is InChI=1S/C28H26FN3O3/c29-22-8-11-25-26(16-22)35-31-27(25)20-6-9-24(10-7-20)34-18-23(33)17-32-14-12-28(19-30,13-15-32)21-4-2-1-3-5-21/h1-11,16,23,33H,12-15,17-18H2/t23-/m0/s1.